The van der Waals surface area contributed by atoms with E-state index in [1.165, 1.54) is 0 Å². The number of likely N-dealkylation sites (tertiary alicyclic amines) is 1. The molecule has 0 aromatic heterocycles. The Kier molecular flexibility index (Phi) is 7.95. The van der Waals surface area contributed by atoms with E-state index in [0.29, 0.717) is 25.0 Å². The van der Waals surface area contributed by atoms with E-state index in [4.69, 9.17) is 9.47 Å². The molecular weight excluding hydrogens is 290 g/mol. The molecule has 0 bridgehead atoms. The largest absolute Gasteiger partial charge is 0.449 e. The Hall–Kier alpha value is -1.55. The lowest BCUT2D eigenvalue weighted by Crippen LogP contribution is -2.38. The Balaban J connectivity index is 1.48. The monoisotopic (exact) mass is 319 g/mol. The molecule has 4 heteroatoms. The van der Waals surface area contributed by atoms with Crippen LogP contribution in [0.15, 0.2) is 36.5 Å². The highest BCUT2D eigenvalue weighted by atomic mass is 16.6. The Morgan fingerprint density at radius 3 is 2.78 bits per heavy atom. The van der Waals surface area contributed by atoms with Crippen molar-refractivity contribution in [3.8, 4) is 0 Å². The lowest BCUT2D eigenvalue weighted by molar-refractivity contribution is 0.0682. The summed E-state index contributed by atoms with van der Waals surface area (Å²) in [5.41, 5.74) is 0. The summed E-state index contributed by atoms with van der Waals surface area (Å²) >= 11 is 0. The van der Waals surface area contributed by atoms with Gasteiger partial charge in [0.05, 0.1) is 13.2 Å². The number of nitrogens with zero attached hydrogens (tertiary/aromatic N) is 1. The Morgan fingerprint density at radius 2 is 2.09 bits per heavy atom. The summed E-state index contributed by atoms with van der Waals surface area (Å²) in [7, 11) is 0. The lowest BCUT2D eigenvalue weighted by Gasteiger charge is -2.29. The smallest absolute Gasteiger partial charge is 0.409 e. The third-order valence-corrected chi connectivity index (χ3v) is 4.32. The van der Waals surface area contributed by atoms with Crippen molar-refractivity contribution in [2.75, 3.05) is 32.9 Å². The van der Waals surface area contributed by atoms with Gasteiger partial charge in [0.2, 0.25) is 0 Å². The fraction of sp³-hybridized carbons (Fsp3) is 0.632. The van der Waals surface area contributed by atoms with Crippen molar-refractivity contribution in [3.63, 3.8) is 0 Å². The molecule has 0 saturated carbocycles. The van der Waals surface area contributed by atoms with E-state index in [2.05, 4.69) is 36.5 Å². The van der Waals surface area contributed by atoms with Crippen LogP contribution in [0.1, 0.15) is 32.6 Å². The van der Waals surface area contributed by atoms with Crippen LogP contribution in [0, 0.1) is 11.8 Å². The van der Waals surface area contributed by atoms with Gasteiger partial charge in [-0.15, -0.1) is 0 Å². The zero-order valence-corrected chi connectivity index (χ0v) is 14.2. The highest BCUT2D eigenvalue weighted by Crippen LogP contribution is 2.19. The molecule has 1 amide bonds. The van der Waals surface area contributed by atoms with Gasteiger partial charge in [0, 0.05) is 32.0 Å². The molecule has 2 rings (SSSR count). The Bertz CT molecular complexity index is 434. The molecule has 1 atom stereocenters. The fourth-order valence-electron chi connectivity index (χ4n) is 2.95. The van der Waals surface area contributed by atoms with Gasteiger partial charge in [0.25, 0.3) is 0 Å². The standard InChI is InChI=1S/C19H29NO3/c1-2-7-17-10-12-20(13-11-17)19(21)23-15-6-14-22-16-18-8-4-3-5-9-18/h2-5,7-8,17-18H,6,9-16H2,1H3/b7-2-. The summed E-state index contributed by atoms with van der Waals surface area (Å²) in [5, 5.41) is 0. The second-order valence-corrected chi connectivity index (χ2v) is 6.20. The van der Waals surface area contributed by atoms with Crippen LogP contribution >= 0.6 is 0 Å². The Labute approximate surface area is 139 Å². The van der Waals surface area contributed by atoms with Crippen molar-refractivity contribution in [2.24, 2.45) is 11.8 Å². The predicted molar refractivity (Wildman–Crippen MR) is 92.3 cm³/mol. The minimum atomic E-state index is -0.177. The molecule has 1 heterocycles. The molecule has 23 heavy (non-hydrogen) atoms. The number of ether oxygens (including phenoxy) is 2. The number of carbonyl (C=O) groups excluding carboxylic acids is 1. The molecule has 1 aliphatic heterocycles. The number of piperidine rings is 1. The van der Waals surface area contributed by atoms with Crippen molar-refractivity contribution < 1.29 is 14.3 Å². The van der Waals surface area contributed by atoms with Gasteiger partial charge in [-0.3, -0.25) is 0 Å². The van der Waals surface area contributed by atoms with Crippen LogP contribution in [0.2, 0.25) is 0 Å². The molecule has 0 radical (unpaired) electrons. The molecule has 0 aromatic carbocycles. The van der Waals surface area contributed by atoms with Gasteiger partial charge in [-0.25, -0.2) is 4.79 Å². The average molecular weight is 319 g/mol. The van der Waals surface area contributed by atoms with Gasteiger partial charge in [0.1, 0.15) is 0 Å². The number of amides is 1. The molecule has 0 aromatic rings. The number of hydrogen-bond acceptors (Lipinski definition) is 3. The quantitative estimate of drug-likeness (QED) is 0.527. The van der Waals surface area contributed by atoms with E-state index < -0.39 is 0 Å². The van der Waals surface area contributed by atoms with Crippen molar-refractivity contribution in [2.45, 2.75) is 32.6 Å². The zero-order chi connectivity index (χ0) is 16.3. The fourth-order valence-corrected chi connectivity index (χ4v) is 2.95. The van der Waals surface area contributed by atoms with E-state index in [1.807, 2.05) is 11.8 Å². The molecule has 1 fully saturated rings. The van der Waals surface area contributed by atoms with Crippen LogP contribution < -0.4 is 0 Å². The maximum absolute atomic E-state index is 12.0. The molecule has 0 N–H and O–H groups in total. The molecule has 1 saturated heterocycles. The maximum atomic E-state index is 12.0. The first-order valence-electron chi connectivity index (χ1n) is 8.75. The molecule has 1 unspecified atom stereocenters. The number of hydrogen-bond donors (Lipinski definition) is 0. The maximum Gasteiger partial charge on any atom is 0.409 e. The average Bonchev–Trinajstić information content (AvgIpc) is 2.59. The summed E-state index contributed by atoms with van der Waals surface area (Å²) in [4.78, 5) is 13.8. The minimum Gasteiger partial charge on any atom is -0.449 e. The van der Waals surface area contributed by atoms with Crippen LogP contribution in [0.5, 0.6) is 0 Å². The van der Waals surface area contributed by atoms with E-state index >= 15 is 0 Å². The van der Waals surface area contributed by atoms with Crippen LogP contribution in [-0.2, 0) is 9.47 Å². The van der Waals surface area contributed by atoms with Crippen molar-refractivity contribution in [1.82, 2.24) is 4.90 Å². The Morgan fingerprint density at radius 1 is 1.26 bits per heavy atom. The summed E-state index contributed by atoms with van der Waals surface area (Å²) < 4.78 is 11.0. The first-order valence-corrected chi connectivity index (χ1v) is 8.75. The topological polar surface area (TPSA) is 38.8 Å². The first-order chi connectivity index (χ1) is 11.3. The third kappa shape index (κ3) is 6.61. The van der Waals surface area contributed by atoms with Crippen molar-refractivity contribution in [3.05, 3.63) is 36.5 Å². The van der Waals surface area contributed by atoms with Crippen molar-refractivity contribution >= 4 is 6.09 Å². The third-order valence-electron chi connectivity index (χ3n) is 4.32. The SMILES string of the molecule is C/C=C\C1CCN(C(=O)OCCCOCC2C=CC=CC2)CC1. The normalized spacial score (nSPS) is 22.0. The number of rotatable bonds is 7. The van der Waals surface area contributed by atoms with Gasteiger partial charge in [-0.1, -0.05) is 36.5 Å². The highest BCUT2D eigenvalue weighted by molar-refractivity contribution is 5.67. The molecule has 2 aliphatic rings. The van der Waals surface area contributed by atoms with Gasteiger partial charge in [-0.05, 0) is 32.1 Å². The van der Waals surface area contributed by atoms with Gasteiger partial charge in [-0.2, -0.15) is 0 Å². The summed E-state index contributed by atoms with van der Waals surface area (Å²) in [6.45, 7) is 5.47. The second kappa shape index (κ2) is 10.3. The highest BCUT2D eigenvalue weighted by Gasteiger charge is 2.22. The predicted octanol–water partition coefficient (Wildman–Crippen LogP) is 3.95. The van der Waals surface area contributed by atoms with E-state index in [9.17, 15) is 4.79 Å². The summed E-state index contributed by atoms with van der Waals surface area (Å²) in [6.07, 6.45) is 16.5. The van der Waals surface area contributed by atoms with Gasteiger partial charge in [0.15, 0.2) is 0 Å². The van der Waals surface area contributed by atoms with E-state index in [0.717, 1.165) is 45.4 Å². The van der Waals surface area contributed by atoms with Crippen LogP contribution in [0.3, 0.4) is 0 Å². The van der Waals surface area contributed by atoms with E-state index in [-0.39, 0.29) is 6.09 Å². The number of carbonyl (C=O) groups is 1. The molecule has 0 spiro atoms. The molecular formula is C19H29NO3. The van der Waals surface area contributed by atoms with Crippen LogP contribution in [-0.4, -0.2) is 43.9 Å². The van der Waals surface area contributed by atoms with Gasteiger partial charge >= 0.3 is 6.09 Å². The zero-order valence-electron chi connectivity index (χ0n) is 14.2. The summed E-state index contributed by atoms with van der Waals surface area (Å²) in [6, 6.07) is 0. The van der Waals surface area contributed by atoms with Gasteiger partial charge < -0.3 is 14.4 Å². The number of allylic oxidation sites excluding steroid dienone is 5. The summed E-state index contributed by atoms with van der Waals surface area (Å²) in [5.74, 6) is 1.10. The molecule has 128 valence electrons. The van der Waals surface area contributed by atoms with E-state index in [1.54, 1.807) is 0 Å². The lowest BCUT2D eigenvalue weighted by atomic mass is 9.97. The molecule has 1 aliphatic carbocycles. The van der Waals surface area contributed by atoms with Crippen LogP contribution in [0.25, 0.3) is 0 Å². The van der Waals surface area contributed by atoms with Crippen LogP contribution in [0.4, 0.5) is 4.79 Å². The molecule has 4 nitrogen and oxygen atoms in total. The minimum absolute atomic E-state index is 0.177. The second-order valence-electron chi connectivity index (χ2n) is 6.20. The van der Waals surface area contributed by atoms with Crippen molar-refractivity contribution in [1.29, 1.82) is 0 Å². The first kappa shape index (κ1) is 17.8.